The van der Waals surface area contributed by atoms with Crippen molar-refractivity contribution in [1.82, 2.24) is 15.2 Å². The lowest BCUT2D eigenvalue weighted by Crippen LogP contribution is -2.22. The lowest BCUT2D eigenvalue weighted by Gasteiger charge is -2.16. The third-order valence-corrected chi connectivity index (χ3v) is 5.03. The summed E-state index contributed by atoms with van der Waals surface area (Å²) >= 11 is 0. The highest BCUT2D eigenvalue weighted by atomic mass is 19.1. The van der Waals surface area contributed by atoms with Crippen LogP contribution < -0.4 is 14.4 Å². The van der Waals surface area contributed by atoms with Gasteiger partial charge in [0.1, 0.15) is 5.82 Å². The van der Waals surface area contributed by atoms with Gasteiger partial charge in [-0.2, -0.15) is 5.10 Å². The zero-order chi connectivity index (χ0) is 18.2. The minimum atomic E-state index is -0.155. The molecule has 1 unspecified atom stereocenters. The van der Waals surface area contributed by atoms with Crippen LogP contribution >= 0.6 is 0 Å². The molecule has 1 fully saturated rings. The number of halogens is 1. The van der Waals surface area contributed by atoms with E-state index in [1.807, 2.05) is 30.3 Å². The molecule has 3 heterocycles. The maximum atomic E-state index is 14.1. The van der Waals surface area contributed by atoms with Gasteiger partial charge >= 0.3 is 0 Å². The number of benzene rings is 2. The van der Waals surface area contributed by atoms with Crippen LogP contribution in [0.1, 0.15) is 17.9 Å². The van der Waals surface area contributed by atoms with Crippen LogP contribution in [0.15, 0.2) is 48.7 Å². The first-order valence-electron chi connectivity index (χ1n) is 8.87. The standard InChI is InChI=1S/C20H17FN4O2/c21-16-4-2-1-3-15(16)14-7-8-25(11-14)20-23-17(10-22-24-20)13-5-6-18-19(9-13)27-12-26-18/h1-6,9-10,14H,7-8,11-12H2. The van der Waals surface area contributed by atoms with Crippen molar-refractivity contribution >= 4 is 5.95 Å². The maximum Gasteiger partial charge on any atom is 0.245 e. The van der Waals surface area contributed by atoms with Gasteiger partial charge in [-0.3, -0.25) is 0 Å². The van der Waals surface area contributed by atoms with Gasteiger partial charge < -0.3 is 14.4 Å². The van der Waals surface area contributed by atoms with E-state index in [2.05, 4.69) is 20.1 Å². The summed E-state index contributed by atoms with van der Waals surface area (Å²) in [7, 11) is 0. The molecule has 1 saturated heterocycles. The number of anilines is 1. The zero-order valence-electron chi connectivity index (χ0n) is 14.5. The van der Waals surface area contributed by atoms with Crippen molar-refractivity contribution < 1.29 is 13.9 Å². The van der Waals surface area contributed by atoms with Crippen LogP contribution in [0.25, 0.3) is 11.3 Å². The van der Waals surface area contributed by atoms with Crippen molar-refractivity contribution in [2.45, 2.75) is 12.3 Å². The van der Waals surface area contributed by atoms with Crippen LogP contribution in [0.4, 0.5) is 10.3 Å². The molecule has 2 aliphatic rings. The number of hydrogen-bond acceptors (Lipinski definition) is 6. The number of nitrogens with zero attached hydrogens (tertiary/aromatic N) is 4. The predicted molar refractivity (Wildman–Crippen MR) is 97.4 cm³/mol. The summed E-state index contributed by atoms with van der Waals surface area (Å²) in [5.41, 5.74) is 2.35. The van der Waals surface area contributed by atoms with E-state index in [1.165, 1.54) is 6.07 Å². The summed E-state index contributed by atoms with van der Waals surface area (Å²) in [6, 6.07) is 12.6. The van der Waals surface area contributed by atoms with Crippen LogP contribution in [0, 0.1) is 5.82 Å². The van der Waals surface area contributed by atoms with E-state index in [4.69, 9.17) is 9.47 Å². The molecule has 5 rings (SSSR count). The Morgan fingerprint density at radius 1 is 1.07 bits per heavy atom. The smallest absolute Gasteiger partial charge is 0.245 e. The minimum Gasteiger partial charge on any atom is -0.454 e. The molecule has 6 nitrogen and oxygen atoms in total. The fourth-order valence-electron chi connectivity index (χ4n) is 3.63. The number of hydrogen-bond donors (Lipinski definition) is 0. The molecule has 1 aromatic heterocycles. The van der Waals surface area contributed by atoms with E-state index in [9.17, 15) is 4.39 Å². The number of rotatable bonds is 3. The van der Waals surface area contributed by atoms with Crippen molar-refractivity contribution in [2.24, 2.45) is 0 Å². The molecule has 1 atom stereocenters. The Morgan fingerprint density at radius 3 is 2.89 bits per heavy atom. The van der Waals surface area contributed by atoms with Gasteiger partial charge in [0.2, 0.25) is 12.7 Å². The average molecular weight is 364 g/mol. The van der Waals surface area contributed by atoms with Crippen LogP contribution in [-0.2, 0) is 0 Å². The van der Waals surface area contributed by atoms with Crippen molar-refractivity contribution in [3.63, 3.8) is 0 Å². The van der Waals surface area contributed by atoms with Gasteiger partial charge in [0.25, 0.3) is 0 Å². The number of ether oxygens (including phenoxy) is 2. The molecular formula is C20H17FN4O2. The van der Waals surface area contributed by atoms with Gasteiger partial charge in [-0.15, -0.1) is 5.10 Å². The van der Waals surface area contributed by atoms with Crippen molar-refractivity contribution in [3.8, 4) is 22.8 Å². The molecule has 0 spiro atoms. The van der Waals surface area contributed by atoms with E-state index in [1.54, 1.807) is 12.3 Å². The van der Waals surface area contributed by atoms with Gasteiger partial charge in [0.05, 0.1) is 11.9 Å². The van der Waals surface area contributed by atoms with Crippen molar-refractivity contribution in [3.05, 3.63) is 60.0 Å². The highest BCUT2D eigenvalue weighted by molar-refractivity contribution is 5.64. The normalized spacial score (nSPS) is 18.1. The molecule has 7 heteroatoms. The molecule has 3 aromatic rings. The van der Waals surface area contributed by atoms with E-state index in [0.29, 0.717) is 23.9 Å². The highest BCUT2D eigenvalue weighted by Crippen LogP contribution is 2.36. The van der Waals surface area contributed by atoms with Gasteiger partial charge in [-0.05, 0) is 36.2 Å². The van der Waals surface area contributed by atoms with E-state index in [0.717, 1.165) is 29.8 Å². The zero-order valence-corrected chi connectivity index (χ0v) is 14.5. The summed E-state index contributed by atoms with van der Waals surface area (Å²) in [5, 5.41) is 8.30. The van der Waals surface area contributed by atoms with Crippen molar-refractivity contribution in [2.75, 3.05) is 24.8 Å². The van der Waals surface area contributed by atoms with Gasteiger partial charge in [0.15, 0.2) is 11.5 Å². The third-order valence-electron chi connectivity index (χ3n) is 5.03. The SMILES string of the molecule is Fc1ccccc1C1CCN(c2nncc(-c3ccc4c(c3)OCO4)n2)C1. The van der Waals surface area contributed by atoms with Gasteiger partial charge in [0, 0.05) is 24.6 Å². The molecule has 2 aliphatic heterocycles. The molecule has 0 bridgehead atoms. The van der Waals surface area contributed by atoms with Crippen LogP contribution in [0.5, 0.6) is 11.5 Å². The van der Waals surface area contributed by atoms with E-state index < -0.39 is 0 Å². The van der Waals surface area contributed by atoms with E-state index in [-0.39, 0.29) is 18.5 Å². The Morgan fingerprint density at radius 2 is 1.96 bits per heavy atom. The largest absolute Gasteiger partial charge is 0.454 e. The quantitative estimate of drug-likeness (QED) is 0.710. The molecule has 0 N–H and O–H groups in total. The lowest BCUT2D eigenvalue weighted by molar-refractivity contribution is 0.174. The first kappa shape index (κ1) is 16.0. The van der Waals surface area contributed by atoms with Crippen molar-refractivity contribution in [1.29, 1.82) is 0 Å². The summed E-state index contributed by atoms with van der Waals surface area (Å²) < 4.78 is 24.9. The molecule has 27 heavy (non-hydrogen) atoms. The molecule has 136 valence electrons. The second-order valence-corrected chi connectivity index (χ2v) is 6.66. The molecule has 0 radical (unpaired) electrons. The molecule has 0 amide bonds. The van der Waals surface area contributed by atoms with Gasteiger partial charge in [-0.25, -0.2) is 9.37 Å². The fraction of sp³-hybridized carbons (Fsp3) is 0.250. The average Bonchev–Trinajstić information content (AvgIpc) is 3.37. The van der Waals surface area contributed by atoms with Crippen LogP contribution in [0.2, 0.25) is 0 Å². The maximum absolute atomic E-state index is 14.1. The Balaban J connectivity index is 1.39. The van der Waals surface area contributed by atoms with Gasteiger partial charge in [-0.1, -0.05) is 18.2 Å². The van der Waals surface area contributed by atoms with Crippen LogP contribution in [-0.4, -0.2) is 35.1 Å². The Labute approximate surface area is 155 Å². The Kier molecular flexibility index (Phi) is 3.85. The summed E-state index contributed by atoms with van der Waals surface area (Å²) in [5.74, 6) is 1.97. The second-order valence-electron chi connectivity index (χ2n) is 6.66. The van der Waals surface area contributed by atoms with E-state index >= 15 is 0 Å². The van der Waals surface area contributed by atoms with Crippen LogP contribution in [0.3, 0.4) is 0 Å². The third kappa shape index (κ3) is 2.95. The molecule has 0 aliphatic carbocycles. The Hall–Kier alpha value is -3.22. The predicted octanol–water partition coefficient (Wildman–Crippen LogP) is 3.40. The Bertz CT molecular complexity index is 997. The number of fused-ring (bicyclic) bond motifs is 1. The monoisotopic (exact) mass is 364 g/mol. The highest BCUT2D eigenvalue weighted by Gasteiger charge is 2.28. The number of aromatic nitrogens is 3. The summed E-state index contributed by atoms with van der Waals surface area (Å²) in [4.78, 5) is 6.72. The topological polar surface area (TPSA) is 60.4 Å². The minimum absolute atomic E-state index is 0.129. The molecular weight excluding hydrogens is 347 g/mol. The molecule has 0 saturated carbocycles. The summed E-state index contributed by atoms with van der Waals surface area (Å²) in [6.07, 6.45) is 2.49. The lowest BCUT2D eigenvalue weighted by atomic mass is 9.98. The summed E-state index contributed by atoms with van der Waals surface area (Å²) in [6.45, 7) is 1.68. The fourth-order valence-corrected chi connectivity index (χ4v) is 3.63. The first-order chi connectivity index (χ1) is 13.3. The second kappa shape index (κ2) is 6.50. The first-order valence-corrected chi connectivity index (χ1v) is 8.87. The molecule has 2 aromatic carbocycles.